The van der Waals surface area contributed by atoms with Crippen LogP contribution in [-0.2, 0) is 11.3 Å². The third-order valence-electron chi connectivity index (χ3n) is 2.51. The molecular formula is C12H15NO2. The van der Waals surface area contributed by atoms with Crippen LogP contribution in [0.1, 0.15) is 18.4 Å². The summed E-state index contributed by atoms with van der Waals surface area (Å²) in [5.41, 5.74) is 1.15. The van der Waals surface area contributed by atoms with Gasteiger partial charge in [0.1, 0.15) is 6.10 Å². The van der Waals surface area contributed by atoms with Crippen molar-refractivity contribution in [3.05, 3.63) is 41.1 Å². The van der Waals surface area contributed by atoms with E-state index in [9.17, 15) is 5.21 Å². The maximum absolute atomic E-state index is 11.1. The third-order valence-corrected chi connectivity index (χ3v) is 2.51. The van der Waals surface area contributed by atoms with Gasteiger partial charge in [-0.05, 0) is 12.0 Å². The highest BCUT2D eigenvalue weighted by Gasteiger charge is 2.16. The number of nitrogens with zero attached hydrogens (tertiary/aromatic N) is 1. The van der Waals surface area contributed by atoms with Gasteiger partial charge in [-0.15, -0.1) is 0 Å². The second-order valence-electron chi connectivity index (χ2n) is 3.77. The third kappa shape index (κ3) is 3.06. The average molecular weight is 205 g/mol. The standard InChI is InChI=1S/C12H15NO2/c14-13-8-4-7-12(9-13)15-10-11-5-2-1-3-6-11/h1-3,5-6,9,12H,4,7-8,10H2/t12-/m0/s1. The van der Waals surface area contributed by atoms with E-state index in [1.807, 2.05) is 30.3 Å². The van der Waals surface area contributed by atoms with Crippen LogP contribution < -0.4 is 0 Å². The van der Waals surface area contributed by atoms with Crippen LogP contribution in [0, 0.1) is 5.21 Å². The lowest BCUT2D eigenvalue weighted by molar-refractivity contribution is -0.462. The molecule has 15 heavy (non-hydrogen) atoms. The minimum absolute atomic E-state index is 0.0172. The summed E-state index contributed by atoms with van der Waals surface area (Å²) in [6.45, 7) is 1.18. The molecule has 0 spiro atoms. The Morgan fingerprint density at radius 1 is 1.33 bits per heavy atom. The molecule has 1 aliphatic rings. The van der Waals surface area contributed by atoms with Gasteiger partial charge in [0, 0.05) is 6.42 Å². The molecular weight excluding hydrogens is 190 g/mol. The molecule has 0 amide bonds. The normalized spacial score (nSPS) is 21.1. The first-order chi connectivity index (χ1) is 7.34. The van der Waals surface area contributed by atoms with Gasteiger partial charge in [0.25, 0.3) is 0 Å². The Bertz CT molecular complexity index is 335. The van der Waals surface area contributed by atoms with Gasteiger partial charge >= 0.3 is 0 Å². The van der Waals surface area contributed by atoms with Crippen molar-refractivity contribution in [2.24, 2.45) is 0 Å². The van der Waals surface area contributed by atoms with E-state index in [-0.39, 0.29) is 6.10 Å². The van der Waals surface area contributed by atoms with Crippen molar-refractivity contribution in [1.29, 1.82) is 0 Å². The van der Waals surface area contributed by atoms with E-state index in [0.29, 0.717) is 13.2 Å². The number of benzene rings is 1. The van der Waals surface area contributed by atoms with Gasteiger partial charge in [0.15, 0.2) is 12.8 Å². The molecule has 0 aliphatic carbocycles. The summed E-state index contributed by atoms with van der Waals surface area (Å²) in [6, 6.07) is 10.0. The van der Waals surface area contributed by atoms with Gasteiger partial charge in [-0.1, -0.05) is 30.3 Å². The Kier molecular flexibility index (Phi) is 3.35. The summed E-state index contributed by atoms with van der Waals surface area (Å²) in [5, 5.41) is 11.1. The fraction of sp³-hybridized carbons (Fsp3) is 0.417. The van der Waals surface area contributed by atoms with Crippen LogP contribution in [0.25, 0.3) is 0 Å². The molecule has 1 aliphatic heterocycles. The predicted molar refractivity (Wildman–Crippen MR) is 58.8 cm³/mol. The fourth-order valence-corrected chi connectivity index (χ4v) is 1.69. The van der Waals surface area contributed by atoms with Gasteiger partial charge in [0.05, 0.1) is 6.61 Å². The molecule has 0 radical (unpaired) electrons. The first-order valence-corrected chi connectivity index (χ1v) is 5.29. The summed E-state index contributed by atoms with van der Waals surface area (Å²) in [7, 11) is 0. The van der Waals surface area contributed by atoms with Gasteiger partial charge in [0.2, 0.25) is 0 Å². The van der Waals surface area contributed by atoms with Crippen LogP contribution >= 0.6 is 0 Å². The van der Waals surface area contributed by atoms with Crippen LogP contribution in [-0.4, -0.2) is 23.6 Å². The lowest BCUT2D eigenvalue weighted by atomic mass is 10.1. The zero-order valence-corrected chi connectivity index (χ0v) is 8.63. The molecule has 3 heteroatoms. The highest BCUT2D eigenvalue weighted by atomic mass is 16.5. The molecule has 0 N–H and O–H groups in total. The number of hydrogen-bond donors (Lipinski definition) is 0. The van der Waals surface area contributed by atoms with Crippen molar-refractivity contribution in [3.63, 3.8) is 0 Å². The molecule has 3 nitrogen and oxygen atoms in total. The predicted octanol–water partition coefficient (Wildman–Crippen LogP) is 1.95. The second kappa shape index (κ2) is 4.94. The monoisotopic (exact) mass is 205 g/mol. The number of hydrogen-bond acceptors (Lipinski definition) is 2. The summed E-state index contributed by atoms with van der Waals surface area (Å²) in [5.74, 6) is 0. The molecule has 0 bridgehead atoms. The van der Waals surface area contributed by atoms with Crippen molar-refractivity contribution in [3.8, 4) is 0 Å². The molecule has 0 saturated heterocycles. The highest BCUT2D eigenvalue weighted by Crippen LogP contribution is 2.09. The minimum Gasteiger partial charge on any atom is -0.624 e. The molecule has 2 rings (SSSR count). The van der Waals surface area contributed by atoms with E-state index in [0.717, 1.165) is 23.1 Å². The molecule has 1 aromatic rings. The smallest absolute Gasteiger partial charge is 0.179 e. The zero-order valence-electron chi connectivity index (χ0n) is 8.63. The maximum Gasteiger partial charge on any atom is 0.179 e. The summed E-state index contributed by atoms with van der Waals surface area (Å²) in [6.07, 6.45) is 3.48. The summed E-state index contributed by atoms with van der Waals surface area (Å²) < 4.78 is 6.61. The molecule has 0 fully saturated rings. The quantitative estimate of drug-likeness (QED) is 0.558. The van der Waals surface area contributed by atoms with Crippen molar-refractivity contribution < 1.29 is 9.48 Å². The van der Waals surface area contributed by atoms with E-state index in [2.05, 4.69) is 0 Å². The van der Waals surface area contributed by atoms with Crippen LogP contribution in [0.15, 0.2) is 30.3 Å². The van der Waals surface area contributed by atoms with E-state index < -0.39 is 0 Å². The van der Waals surface area contributed by atoms with Crippen molar-refractivity contribution >= 4 is 6.21 Å². The number of hydroxylamine groups is 1. The largest absolute Gasteiger partial charge is 0.624 e. The Hall–Kier alpha value is -1.35. The van der Waals surface area contributed by atoms with Crippen LogP contribution in [0.4, 0.5) is 0 Å². The van der Waals surface area contributed by atoms with Crippen molar-refractivity contribution in [2.75, 3.05) is 6.54 Å². The highest BCUT2D eigenvalue weighted by molar-refractivity contribution is 5.58. The van der Waals surface area contributed by atoms with Gasteiger partial charge in [-0.25, -0.2) is 4.74 Å². The summed E-state index contributed by atoms with van der Waals surface area (Å²) >= 11 is 0. The van der Waals surface area contributed by atoms with E-state index in [4.69, 9.17) is 4.74 Å². The van der Waals surface area contributed by atoms with Gasteiger partial charge in [-0.2, -0.15) is 0 Å². The summed E-state index contributed by atoms with van der Waals surface area (Å²) in [4.78, 5) is 0. The molecule has 0 saturated carbocycles. The lowest BCUT2D eigenvalue weighted by Crippen LogP contribution is -2.26. The maximum atomic E-state index is 11.1. The Labute approximate surface area is 89.6 Å². The average Bonchev–Trinajstić information content (AvgIpc) is 2.28. The zero-order chi connectivity index (χ0) is 10.5. The second-order valence-corrected chi connectivity index (χ2v) is 3.77. The molecule has 0 aromatic heterocycles. The lowest BCUT2D eigenvalue weighted by Gasteiger charge is -2.17. The topological polar surface area (TPSA) is 35.3 Å². The van der Waals surface area contributed by atoms with E-state index in [1.165, 1.54) is 0 Å². The fourth-order valence-electron chi connectivity index (χ4n) is 1.69. The first-order valence-electron chi connectivity index (χ1n) is 5.29. The Morgan fingerprint density at radius 3 is 2.87 bits per heavy atom. The van der Waals surface area contributed by atoms with Crippen LogP contribution in [0.2, 0.25) is 0 Å². The molecule has 80 valence electrons. The van der Waals surface area contributed by atoms with Crippen LogP contribution in [0.5, 0.6) is 0 Å². The molecule has 1 atom stereocenters. The molecule has 1 heterocycles. The van der Waals surface area contributed by atoms with E-state index in [1.54, 1.807) is 6.21 Å². The molecule has 0 unspecified atom stereocenters. The van der Waals surface area contributed by atoms with Crippen molar-refractivity contribution in [2.45, 2.75) is 25.6 Å². The van der Waals surface area contributed by atoms with Crippen LogP contribution in [0.3, 0.4) is 0 Å². The number of ether oxygens (including phenoxy) is 1. The van der Waals surface area contributed by atoms with Gasteiger partial charge < -0.3 is 9.94 Å². The van der Waals surface area contributed by atoms with E-state index >= 15 is 0 Å². The Morgan fingerprint density at radius 2 is 2.13 bits per heavy atom. The Balaban J connectivity index is 1.86. The minimum atomic E-state index is -0.0172. The number of rotatable bonds is 3. The first kappa shape index (κ1) is 10.2. The molecule has 1 aromatic carbocycles. The SMILES string of the molecule is [O-][N+]1=C[C@@H](OCc2ccccc2)CCC1. The van der Waals surface area contributed by atoms with Gasteiger partial charge in [-0.3, -0.25) is 0 Å². The van der Waals surface area contributed by atoms with Crippen molar-refractivity contribution in [1.82, 2.24) is 0 Å².